The molecule has 36 heavy (non-hydrogen) atoms. The summed E-state index contributed by atoms with van der Waals surface area (Å²) < 4.78 is 12.2. The van der Waals surface area contributed by atoms with Crippen molar-refractivity contribution in [3.63, 3.8) is 0 Å². The maximum Gasteiger partial charge on any atom is 0.319 e. The van der Waals surface area contributed by atoms with Crippen molar-refractivity contribution in [2.45, 2.75) is 96.8 Å². The summed E-state index contributed by atoms with van der Waals surface area (Å²) in [7, 11) is 1.34. The van der Waals surface area contributed by atoms with Gasteiger partial charge < -0.3 is 9.47 Å². The van der Waals surface area contributed by atoms with E-state index in [1.807, 2.05) is 0 Å². The fraction of sp³-hybridized carbons (Fsp3) is 0.692. The Morgan fingerprint density at radius 2 is 1.97 bits per heavy atom. The standard InChI is InChI=1S/C26H38BrNO4S4/c1-5-7-9-10-11-19-15-22(27)35-21(19)17-32-23(29)12-13-26(3,18-28)16-20(24(30)31-4)36-25(33)34-14-8-6-2/h15,20H,5-14,16-17H2,1-4H3. The van der Waals surface area contributed by atoms with Crippen molar-refractivity contribution in [3.8, 4) is 6.07 Å². The van der Waals surface area contributed by atoms with Gasteiger partial charge in [-0.3, -0.25) is 9.59 Å². The van der Waals surface area contributed by atoms with Crippen LogP contribution in [0.1, 0.15) is 89.0 Å². The quantitative estimate of drug-likeness (QED) is 0.0958. The Bertz CT molecular complexity index is 886. The number of esters is 2. The summed E-state index contributed by atoms with van der Waals surface area (Å²) in [6.07, 6.45) is 8.51. The Morgan fingerprint density at radius 3 is 2.61 bits per heavy atom. The van der Waals surface area contributed by atoms with Crippen molar-refractivity contribution in [2.75, 3.05) is 12.9 Å². The number of nitrogens with zero attached hydrogens (tertiary/aromatic N) is 1. The average Bonchev–Trinajstić information content (AvgIpc) is 3.22. The molecular formula is C26H38BrNO4S4. The zero-order valence-corrected chi connectivity index (χ0v) is 26.6. The minimum Gasteiger partial charge on any atom is -0.468 e. The summed E-state index contributed by atoms with van der Waals surface area (Å²) in [5.41, 5.74) is 0.341. The number of thiocarbonyl (C=S) groups is 1. The summed E-state index contributed by atoms with van der Waals surface area (Å²) in [4.78, 5) is 26.0. The Hall–Kier alpha value is -0.600. The fourth-order valence-corrected chi connectivity index (χ4v) is 8.12. The molecule has 1 aromatic rings. The van der Waals surface area contributed by atoms with Gasteiger partial charge in [-0.25, -0.2) is 0 Å². The highest BCUT2D eigenvalue weighted by atomic mass is 79.9. The van der Waals surface area contributed by atoms with Gasteiger partial charge in [0.15, 0.2) is 0 Å². The number of hydrogen-bond acceptors (Lipinski definition) is 9. The second-order valence-electron chi connectivity index (χ2n) is 8.93. The molecule has 0 radical (unpaired) electrons. The predicted octanol–water partition coefficient (Wildman–Crippen LogP) is 8.47. The molecule has 0 aromatic carbocycles. The van der Waals surface area contributed by atoms with Crippen molar-refractivity contribution >= 4 is 78.5 Å². The van der Waals surface area contributed by atoms with Crippen LogP contribution >= 0.6 is 63.0 Å². The molecule has 0 N–H and O–H groups in total. The van der Waals surface area contributed by atoms with E-state index in [-0.39, 0.29) is 25.4 Å². The molecule has 0 saturated heterocycles. The Kier molecular flexibility index (Phi) is 17.3. The number of carbonyl (C=O) groups is 2. The topological polar surface area (TPSA) is 76.4 Å². The normalized spacial score (nSPS) is 13.4. The van der Waals surface area contributed by atoms with Crippen molar-refractivity contribution in [3.05, 3.63) is 20.3 Å². The molecular weight excluding hydrogens is 598 g/mol. The largest absolute Gasteiger partial charge is 0.468 e. The minimum atomic E-state index is -0.884. The number of halogens is 1. The molecule has 0 spiro atoms. The summed E-state index contributed by atoms with van der Waals surface area (Å²) in [5, 5.41) is 9.28. The second-order valence-corrected chi connectivity index (χ2v) is 14.9. The summed E-state index contributed by atoms with van der Waals surface area (Å²) >= 11 is 13.4. The number of thioether (sulfide) groups is 2. The van der Waals surface area contributed by atoms with Crippen LogP contribution in [0.4, 0.5) is 0 Å². The van der Waals surface area contributed by atoms with E-state index in [0.29, 0.717) is 9.95 Å². The Morgan fingerprint density at radius 1 is 1.25 bits per heavy atom. The lowest BCUT2D eigenvalue weighted by Crippen LogP contribution is -2.29. The van der Waals surface area contributed by atoms with Gasteiger partial charge in [-0.2, -0.15) is 5.26 Å². The van der Waals surface area contributed by atoms with Crippen molar-refractivity contribution in [2.24, 2.45) is 5.41 Å². The number of methoxy groups -OCH3 is 1. The highest BCUT2D eigenvalue weighted by Gasteiger charge is 2.34. The van der Waals surface area contributed by atoms with Gasteiger partial charge in [0.05, 0.1) is 22.4 Å². The number of ether oxygens (including phenoxy) is 2. The molecule has 0 aliphatic rings. The lowest BCUT2D eigenvalue weighted by atomic mass is 9.82. The van der Waals surface area contributed by atoms with E-state index in [4.69, 9.17) is 21.7 Å². The van der Waals surface area contributed by atoms with E-state index in [9.17, 15) is 14.9 Å². The van der Waals surface area contributed by atoms with Crippen molar-refractivity contribution < 1.29 is 19.1 Å². The molecule has 1 heterocycles. The molecule has 0 aliphatic heterocycles. The molecule has 0 amide bonds. The molecule has 0 saturated carbocycles. The monoisotopic (exact) mass is 635 g/mol. The van der Waals surface area contributed by atoms with Crippen LogP contribution in [0.5, 0.6) is 0 Å². The van der Waals surface area contributed by atoms with E-state index in [1.165, 1.54) is 43.7 Å². The van der Waals surface area contributed by atoms with Crippen LogP contribution in [-0.4, -0.2) is 33.6 Å². The lowest BCUT2D eigenvalue weighted by molar-refractivity contribution is -0.145. The second kappa shape index (κ2) is 18.6. The number of nitriles is 1. The molecule has 2 atom stereocenters. The van der Waals surface area contributed by atoms with Gasteiger partial charge in [0.2, 0.25) is 0 Å². The van der Waals surface area contributed by atoms with Crippen LogP contribution in [0, 0.1) is 16.7 Å². The molecule has 0 aliphatic carbocycles. The predicted molar refractivity (Wildman–Crippen MR) is 161 cm³/mol. The maximum absolute atomic E-state index is 12.5. The third-order valence-electron chi connectivity index (χ3n) is 5.74. The van der Waals surface area contributed by atoms with Gasteiger partial charge in [-0.15, -0.1) is 23.1 Å². The highest BCUT2D eigenvalue weighted by Crippen LogP contribution is 2.36. The van der Waals surface area contributed by atoms with Crippen LogP contribution < -0.4 is 0 Å². The maximum atomic E-state index is 12.5. The van der Waals surface area contributed by atoms with Gasteiger partial charge in [0, 0.05) is 11.3 Å². The lowest BCUT2D eigenvalue weighted by Gasteiger charge is -2.25. The molecule has 0 bridgehead atoms. The number of carbonyl (C=O) groups excluding carboxylic acids is 2. The van der Waals surface area contributed by atoms with Crippen molar-refractivity contribution in [1.82, 2.24) is 0 Å². The molecule has 5 nitrogen and oxygen atoms in total. The van der Waals surface area contributed by atoms with Gasteiger partial charge >= 0.3 is 11.9 Å². The summed E-state index contributed by atoms with van der Waals surface area (Å²) in [6, 6.07) is 4.42. The van der Waals surface area contributed by atoms with E-state index >= 15 is 0 Å². The number of rotatable bonds is 17. The highest BCUT2D eigenvalue weighted by molar-refractivity contribution is 9.11. The first-order valence-corrected chi connectivity index (χ1v) is 16.3. The SMILES string of the molecule is CCCCCCc1cc(Br)sc1COC(=O)CCC(C)(C#N)CC(SC(=S)SCCCC)C(=O)OC. The van der Waals surface area contributed by atoms with Crippen LogP contribution in [0.2, 0.25) is 0 Å². The number of thiophene rings is 1. The molecule has 0 fully saturated rings. The third-order valence-corrected chi connectivity index (χ3v) is 10.2. The van der Waals surface area contributed by atoms with Crippen molar-refractivity contribution in [1.29, 1.82) is 5.26 Å². The first-order valence-electron chi connectivity index (χ1n) is 12.4. The van der Waals surface area contributed by atoms with Gasteiger partial charge in [-0.05, 0) is 72.3 Å². The number of hydrogen-bond donors (Lipinski definition) is 0. The van der Waals surface area contributed by atoms with E-state index in [0.717, 1.165) is 40.1 Å². The summed E-state index contributed by atoms with van der Waals surface area (Å²) in [5.74, 6) is 0.154. The molecule has 1 aromatic heterocycles. The molecule has 202 valence electrons. The zero-order chi connectivity index (χ0) is 27.0. The average molecular weight is 637 g/mol. The Labute approximate surface area is 243 Å². The van der Waals surface area contributed by atoms with E-state index in [1.54, 1.807) is 30.0 Å². The van der Waals surface area contributed by atoms with Crippen LogP contribution in [0.25, 0.3) is 0 Å². The van der Waals surface area contributed by atoms with Gasteiger partial charge in [0.25, 0.3) is 0 Å². The Balaban J connectivity index is 2.64. The fourth-order valence-electron chi connectivity index (χ4n) is 3.47. The third kappa shape index (κ3) is 13.3. The van der Waals surface area contributed by atoms with Gasteiger partial charge in [-0.1, -0.05) is 63.5 Å². The zero-order valence-electron chi connectivity index (χ0n) is 21.7. The molecule has 2 unspecified atom stereocenters. The van der Waals surface area contributed by atoms with Crippen LogP contribution in [0.3, 0.4) is 0 Å². The smallest absolute Gasteiger partial charge is 0.319 e. The van der Waals surface area contributed by atoms with Crippen LogP contribution in [-0.2, 0) is 32.1 Å². The van der Waals surface area contributed by atoms with E-state index < -0.39 is 16.6 Å². The first kappa shape index (κ1) is 33.4. The van der Waals surface area contributed by atoms with Crippen LogP contribution in [0.15, 0.2) is 9.85 Å². The number of unbranched alkanes of at least 4 members (excludes halogenated alkanes) is 4. The first-order chi connectivity index (χ1) is 17.2. The number of aryl methyl sites for hydroxylation is 1. The molecule has 10 heteroatoms. The van der Waals surface area contributed by atoms with E-state index in [2.05, 4.69) is 41.9 Å². The van der Waals surface area contributed by atoms with Gasteiger partial charge in [0.1, 0.15) is 15.4 Å². The molecule has 1 rings (SSSR count). The summed E-state index contributed by atoms with van der Waals surface area (Å²) in [6.45, 7) is 6.32. The minimum absolute atomic E-state index is 0.108.